The number of benzene rings is 2. The topological polar surface area (TPSA) is 121 Å². The number of amides is 2. The first kappa shape index (κ1) is 39.9. The Morgan fingerprint density at radius 3 is 1.59 bits per heavy atom. The lowest BCUT2D eigenvalue weighted by molar-refractivity contribution is -0.163. The van der Waals surface area contributed by atoms with E-state index in [1.54, 1.807) is 20.8 Å². The zero-order valence-electron chi connectivity index (χ0n) is 25.9. The highest BCUT2D eigenvalue weighted by Gasteiger charge is 2.49. The Balaban J connectivity index is 0.000000384. The first-order valence-electron chi connectivity index (χ1n) is 15.1. The second kappa shape index (κ2) is 20.8. The van der Waals surface area contributed by atoms with Gasteiger partial charge in [-0.3, -0.25) is 9.59 Å². The van der Waals surface area contributed by atoms with Crippen LogP contribution in [-0.2, 0) is 46.5 Å². The average molecular weight is 645 g/mol. The molecule has 3 fully saturated rings. The third-order valence-corrected chi connectivity index (χ3v) is 7.10. The SMILES string of the molecule is C.C.C1CCOC1.CCOC(=O)C1(C)CN(C(=O)OCc2ccccc2)C1.CCOC(=O)C1CN(C(=O)OCc2ccccc2)C1. The lowest BCUT2D eigenvalue weighted by Gasteiger charge is -2.44. The summed E-state index contributed by atoms with van der Waals surface area (Å²) in [6.45, 7) is 10.0. The Morgan fingerprint density at radius 1 is 0.717 bits per heavy atom. The van der Waals surface area contributed by atoms with E-state index in [2.05, 4.69) is 0 Å². The van der Waals surface area contributed by atoms with Gasteiger partial charge in [-0.2, -0.15) is 0 Å². The lowest BCUT2D eigenvalue weighted by atomic mass is 9.82. The molecule has 256 valence electrons. The molecule has 0 saturated carbocycles. The van der Waals surface area contributed by atoms with Crippen molar-refractivity contribution in [1.82, 2.24) is 9.80 Å². The van der Waals surface area contributed by atoms with Gasteiger partial charge in [0.1, 0.15) is 18.6 Å². The van der Waals surface area contributed by atoms with E-state index in [1.807, 2.05) is 60.7 Å². The van der Waals surface area contributed by atoms with E-state index in [1.165, 1.54) is 22.6 Å². The molecule has 0 radical (unpaired) electrons. The largest absolute Gasteiger partial charge is 0.466 e. The minimum absolute atomic E-state index is 0. The zero-order valence-corrected chi connectivity index (χ0v) is 25.9. The number of likely N-dealkylation sites (tertiary alicyclic amines) is 2. The van der Waals surface area contributed by atoms with Gasteiger partial charge in [-0.25, -0.2) is 9.59 Å². The standard InChI is InChI=1S/C15H19NO4.C14H17NO4.C4H8O.2CH4/c1-3-19-13(17)15(2)10-16(11-15)14(18)20-9-12-7-5-4-6-8-12;1-2-18-13(16)12-8-15(9-12)14(17)19-10-11-6-4-3-5-7-11;1-2-4-5-3-1;;/h4-8H,3,9-11H2,1-2H3;3-7,12H,2,8-10H2,1H3;1-4H2;2*1H4. The van der Waals surface area contributed by atoms with E-state index in [4.69, 9.17) is 23.7 Å². The van der Waals surface area contributed by atoms with Crippen LogP contribution in [0.2, 0.25) is 0 Å². The van der Waals surface area contributed by atoms with Crippen LogP contribution in [0.5, 0.6) is 0 Å². The van der Waals surface area contributed by atoms with Crippen LogP contribution in [-0.4, -0.2) is 86.5 Å². The summed E-state index contributed by atoms with van der Waals surface area (Å²) in [5.74, 6) is -0.703. The Bertz CT molecular complexity index is 1170. The molecule has 0 N–H and O–H groups in total. The molecule has 46 heavy (non-hydrogen) atoms. The fraction of sp³-hybridized carbons (Fsp3) is 0.543. The Hall–Kier alpha value is -4.12. The fourth-order valence-electron chi connectivity index (χ4n) is 4.53. The zero-order chi connectivity index (χ0) is 31.8. The van der Waals surface area contributed by atoms with Gasteiger partial charge < -0.3 is 33.5 Å². The maximum atomic E-state index is 11.8. The highest BCUT2D eigenvalue weighted by molar-refractivity contribution is 5.81. The van der Waals surface area contributed by atoms with Crippen molar-refractivity contribution >= 4 is 24.1 Å². The average Bonchev–Trinajstić information content (AvgIpc) is 3.59. The molecule has 0 spiro atoms. The number of ether oxygens (including phenoxy) is 5. The van der Waals surface area contributed by atoms with Crippen molar-refractivity contribution in [3.05, 3.63) is 71.8 Å². The van der Waals surface area contributed by atoms with Gasteiger partial charge in [0, 0.05) is 39.4 Å². The predicted molar refractivity (Wildman–Crippen MR) is 175 cm³/mol. The minimum atomic E-state index is -0.595. The molecular formula is C35H52N2O9. The molecule has 2 amide bonds. The maximum Gasteiger partial charge on any atom is 0.410 e. The summed E-state index contributed by atoms with van der Waals surface area (Å²) < 4.78 is 25.2. The van der Waals surface area contributed by atoms with Crippen LogP contribution in [0.4, 0.5) is 9.59 Å². The van der Waals surface area contributed by atoms with E-state index in [0.717, 1.165) is 24.3 Å². The molecule has 0 bridgehead atoms. The molecule has 11 heteroatoms. The number of carbonyl (C=O) groups excluding carboxylic acids is 4. The van der Waals surface area contributed by atoms with Crippen molar-refractivity contribution in [3.63, 3.8) is 0 Å². The van der Waals surface area contributed by atoms with Crippen molar-refractivity contribution < 1.29 is 42.9 Å². The molecule has 3 aliphatic rings. The van der Waals surface area contributed by atoms with E-state index >= 15 is 0 Å². The fourth-order valence-corrected chi connectivity index (χ4v) is 4.53. The monoisotopic (exact) mass is 644 g/mol. The summed E-state index contributed by atoms with van der Waals surface area (Å²) in [7, 11) is 0. The van der Waals surface area contributed by atoms with Crippen LogP contribution in [0.1, 0.15) is 59.6 Å². The van der Waals surface area contributed by atoms with Crippen molar-refractivity contribution in [1.29, 1.82) is 0 Å². The first-order chi connectivity index (χ1) is 21.3. The molecule has 2 aromatic carbocycles. The van der Waals surface area contributed by atoms with Gasteiger partial charge in [-0.05, 0) is 44.7 Å². The van der Waals surface area contributed by atoms with Crippen LogP contribution in [0, 0.1) is 11.3 Å². The molecule has 3 aliphatic heterocycles. The lowest BCUT2D eigenvalue weighted by Crippen LogP contribution is -2.61. The normalized spacial score (nSPS) is 15.7. The van der Waals surface area contributed by atoms with Gasteiger partial charge in [-0.15, -0.1) is 0 Å². The maximum absolute atomic E-state index is 11.8. The van der Waals surface area contributed by atoms with Crippen molar-refractivity contribution in [2.24, 2.45) is 11.3 Å². The van der Waals surface area contributed by atoms with E-state index in [-0.39, 0.29) is 52.0 Å². The van der Waals surface area contributed by atoms with Crippen molar-refractivity contribution in [2.75, 3.05) is 52.6 Å². The van der Waals surface area contributed by atoms with Gasteiger partial charge in [0.05, 0.1) is 19.1 Å². The van der Waals surface area contributed by atoms with Crippen LogP contribution in [0.25, 0.3) is 0 Å². The Morgan fingerprint density at radius 2 is 1.17 bits per heavy atom. The highest BCUT2D eigenvalue weighted by Crippen LogP contribution is 2.31. The summed E-state index contributed by atoms with van der Waals surface area (Å²) in [5.41, 5.74) is 1.29. The Labute approximate surface area is 274 Å². The third kappa shape index (κ3) is 12.7. The van der Waals surface area contributed by atoms with Crippen LogP contribution in [0.15, 0.2) is 60.7 Å². The minimum Gasteiger partial charge on any atom is -0.466 e. The molecule has 5 rings (SSSR count). The number of hydrogen-bond acceptors (Lipinski definition) is 9. The number of rotatable bonds is 8. The highest BCUT2D eigenvalue weighted by atomic mass is 16.6. The number of esters is 2. The quantitative estimate of drug-likeness (QED) is 0.248. The summed E-state index contributed by atoms with van der Waals surface area (Å²) >= 11 is 0. The smallest absolute Gasteiger partial charge is 0.410 e. The molecule has 3 saturated heterocycles. The molecule has 0 atom stereocenters. The molecule has 0 aromatic heterocycles. The molecule has 11 nitrogen and oxygen atoms in total. The van der Waals surface area contributed by atoms with Crippen LogP contribution in [0.3, 0.4) is 0 Å². The second-order valence-electron chi connectivity index (χ2n) is 10.9. The van der Waals surface area contributed by atoms with Crippen LogP contribution >= 0.6 is 0 Å². The third-order valence-electron chi connectivity index (χ3n) is 7.10. The van der Waals surface area contributed by atoms with Gasteiger partial charge in [0.15, 0.2) is 0 Å². The summed E-state index contributed by atoms with van der Waals surface area (Å²) in [6.07, 6.45) is 1.78. The first-order valence-corrected chi connectivity index (χ1v) is 15.1. The molecule has 0 unspecified atom stereocenters. The van der Waals surface area contributed by atoms with Gasteiger partial charge >= 0.3 is 24.1 Å². The van der Waals surface area contributed by atoms with Gasteiger partial charge in [0.25, 0.3) is 0 Å². The molecule has 2 aromatic rings. The van der Waals surface area contributed by atoms with E-state index in [9.17, 15) is 19.2 Å². The van der Waals surface area contributed by atoms with Crippen molar-refractivity contribution in [3.8, 4) is 0 Å². The molecule has 0 aliphatic carbocycles. The predicted octanol–water partition coefficient (Wildman–Crippen LogP) is 6.10. The van der Waals surface area contributed by atoms with Gasteiger partial charge in [-0.1, -0.05) is 75.5 Å². The number of hydrogen-bond donors (Lipinski definition) is 0. The number of nitrogens with zero attached hydrogens (tertiary/aromatic N) is 2. The molecular weight excluding hydrogens is 592 g/mol. The van der Waals surface area contributed by atoms with Gasteiger partial charge in [0.2, 0.25) is 0 Å². The summed E-state index contributed by atoms with van der Waals surface area (Å²) in [4.78, 5) is 49.6. The summed E-state index contributed by atoms with van der Waals surface area (Å²) in [6, 6.07) is 19.0. The number of carbonyl (C=O) groups is 4. The van der Waals surface area contributed by atoms with E-state index < -0.39 is 11.5 Å². The summed E-state index contributed by atoms with van der Waals surface area (Å²) in [5, 5.41) is 0. The Kier molecular flexibility index (Phi) is 18.1. The second-order valence-corrected chi connectivity index (χ2v) is 10.9. The van der Waals surface area contributed by atoms with E-state index in [0.29, 0.717) is 39.4 Å². The van der Waals surface area contributed by atoms with Crippen LogP contribution < -0.4 is 0 Å². The molecule has 3 heterocycles. The van der Waals surface area contributed by atoms with Crippen molar-refractivity contribution in [2.45, 2.75) is 61.7 Å².